The first-order valence-electron chi connectivity index (χ1n) is 13.3. The minimum Gasteiger partial charge on any atom is -0.495 e. The third-order valence-corrected chi connectivity index (χ3v) is 9.11. The van der Waals surface area contributed by atoms with Gasteiger partial charge in [-0.3, -0.25) is 0 Å². The number of nitrogens with one attached hydrogen (secondary N) is 3. The summed E-state index contributed by atoms with van der Waals surface area (Å²) in [7, 11) is -1.51. The van der Waals surface area contributed by atoms with Crippen LogP contribution in [0.1, 0.15) is 57.6 Å². The number of ether oxygens (including phenoxy) is 1. The summed E-state index contributed by atoms with van der Waals surface area (Å²) in [6.07, 6.45) is 3.66. The third kappa shape index (κ3) is 7.04. The van der Waals surface area contributed by atoms with Gasteiger partial charge in [-0.2, -0.15) is 4.98 Å². The smallest absolute Gasteiger partial charge is 0.229 e. The Bertz CT molecular complexity index is 1440. The second-order valence-corrected chi connectivity index (χ2v) is 14.1. The van der Waals surface area contributed by atoms with Crippen molar-refractivity contribution in [3.8, 4) is 5.75 Å². The largest absolute Gasteiger partial charge is 0.495 e. The predicted octanol–water partition coefficient (Wildman–Crippen LogP) is 5.32. The highest BCUT2D eigenvalue weighted by Crippen LogP contribution is 2.38. The van der Waals surface area contributed by atoms with Crippen LogP contribution in [0.3, 0.4) is 0 Å². The van der Waals surface area contributed by atoms with Crippen LogP contribution in [0.25, 0.3) is 0 Å². The molecule has 1 aliphatic heterocycles. The number of halogens is 1. The SMILES string of the molecule is BC(C)(C)Oc1cc(C2CCNCC2)c(C)cc1Nc1ncc(Cl)c(Nc2ccccc2S(=O)(=O)C(C)C)n1. The number of aromatic nitrogens is 2. The summed E-state index contributed by atoms with van der Waals surface area (Å²) in [5.74, 6) is 1.80. The van der Waals surface area contributed by atoms with Crippen LogP contribution in [0.4, 0.5) is 23.1 Å². The highest BCUT2D eigenvalue weighted by Gasteiger charge is 2.24. The maximum absolute atomic E-state index is 12.9. The van der Waals surface area contributed by atoms with E-state index in [0.29, 0.717) is 23.4 Å². The molecule has 0 unspecified atom stereocenters. The van der Waals surface area contributed by atoms with E-state index in [2.05, 4.69) is 45.0 Å². The number of anilines is 4. The molecule has 3 N–H and O–H groups in total. The van der Waals surface area contributed by atoms with Crippen molar-refractivity contribution in [1.82, 2.24) is 15.3 Å². The lowest BCUT2D eigenvalue weighted by atomic mass is 9.85. The van der Waals surface area contributed by atoms with Crippen LogP contribution in [0, 0.1) is 6.92 Å². The lowest BCUT2D eigenvalue weighted by Gasteiger charge is -2.28. The van der Waals surface area contributed by atoms with Crippen molar-refractivity contribution in [2.75, 3.05) is 23.7 Å². The van der Waals surface area contributed by atoms with E-state index >= 15 is 0 Å². The van der Waals surface area contributed by atoms with Gasteiger partial charge < -0.3 is 20.7 Å². The van der Waals surface area contributed by atoms with Crippen molar-refractivity contribution in [1.29, 1.82) is 0 Å². The van der Waals surface area contributed by atoms with E-state index in [1.807, 2.05) is 21.7 Å². The molecular formula is C28H37BClN5O3S. The molecule has 0 amide bonds. The Morgan fingerprint density at radius 2 is 1.82 bits per heavy atom. The van der Waals surface area contributed by atoms with Gasteiger partial charge in [-0.05, 0) is 102 Å². The molecule has 0 aliphatic carbocycles. The Morgan fingerprint density at radius 1 is 1.13 bits per heavy atom. The molecule has 11 heteroatoms. The Hall–Kier alpha value is -2.82. The monoisotopic (exact) mass is 569 g/mol. The Kier molecular flexibility index (Phi) is 8.78. The minimum absolute atomic E-state index is 0.189. The molecule has 208 valence electrons. The van der Waals surface area contributed by atoms with E-state index in [-0.39, 0.29) is 9.92 Å². The first-order chi connectivity index (χ1) is 18.3. The van der Waals surface area contributed by atoms with Gasteiger partial charge in [-0.25, -0.2) is 13.4 Å². The standard InChI is InChI=1S/C28H37BClN5O3S/c1-17(2)39(36,37)25-9-7-6-8-22(25)33-26-21(30)16-32-27(35-26)34-23-14-18(3)20(19-10-12-31-13-11-19)15-24(23)38-28(4,5)29/h6-9,14-17,19,31H,10-13,29H2,1-5H3,(H2,32,33,34,35). The molecule has 0 saturated carbocycles. The van der Waals surface area contributed by atoms with Crippen LogP contribution < -0.4 is 20.7 Å². The number of hydrogen-bond acceptors (Lipinski definition) is 8. The van der Waals surface area contributed by atoms with Crippen LogP contribution >= 0.6 is 11.6 Å². The fourth-order valence-electron chi connectivity index (χ4n) is 4.62. The molecule has 0 bridgehead atoms. The molecule has 0 spiro atoms. The highest BCUT2D eigenvalue weighted by atomic mass is 35.5. The molecule has 4 rings (SSSR count). The second-order valence-electron chi connectivity index (χ2n) is 11.2. The van der Waals surface area contributed by atoms with Gasteiger partial charge in [0.1, 0.15) is 10.8 Å². The molecule has 3 aromatic rings. The van der Waals surface area contributed by atoms with E-state index in [1.165, 1.54) is 17.3 Å². The van der Waals surface area contributed by atoms with Gasteiger partial charge in [0.2, 0.25) is 5.95 Å². The first-order valence-corrected chi connectivity index (χ1v) is 15.2. The van der Waals surface area contributed by atoms with Crippen molar-refractivity contribution in [3.63, 3.8) is 0 Å². The Morgan fingerprint density at radius 3 is 2.49 bits per heavy atom. The lowest BCUT2D eigenvalue weighted by molar-refractivity contribution is 0.199. The van der Waals surface area contributed by atoms with Gasteiger partial charge in [0, 0.05) is 0 Å². The fraction of sp³-hybridized carbons (Fsp3) is 0.429. The third-order valence-electron chi connectivity index (χ3n) is 6.62. The highest BCUT2D eigenvalue weighted by molar-refractivity contribution is 7.92. The van der Waals surface area contributed by atoms with Gasteiger partial charge >= 0.3 is 0 Å². The summed E-state index contributed by atoms with van der Waals surface area (Å²) >= 11 is 6.43. The number of aryl methyl sites for hydroxylation is 1. The molecule has 2 heterocycles. The number of rotatable bonds is 9. The normalized spacial score (nSPS) is 14.8. The summed E-state index contributed by atoms with van der Waals surface area (Å²) in [6.45, 7) is 11.5. The summed E-state index contributed by atoms with van der Waals surface area (Å²) < 4.78 is 32.2. The van der Waals surface area contributed by atoms with Crippen LogP contribution in [0.2, 0.25) is 5.02 Å². The maximum Gasteiger partial charge on any atom is 0.229 e. The number of piperidine rings is 1. The quantitative estimate of drug-likeness (QED) is 0.297. The van der Waals surface area contributed by atoms with E-state index in [0.717, 1.165) is 37.4 Å². The molecular weight excluding hydrogens is 533 g/mol. The average molecular weight is 570 g/mol. The number of nitrogens with zero attached hydrogens (tertiary/aromatic N) is 2. The topological polar surface area (TPSA) is 105 Å². The second kappa shape index (κ2) is 11.7. The molecule has 1 aromatic heterocycles. The maximum atomic E-state index is 12.9. The summed E-state index contributed by atoms with van der Waals surface area (Å²) in [4.78, 5) is 9.15. The number of para-hydroxylation sites is 1. The van der Waals surface area contributed by atoms with Crippen LogP contribution in [0.15, 0.2) is 47.5 Å². The van der Waals surface area contributed by atoms with Gasteiger partial charge in [-0.15, -0.1) is 0 Å². The van der Waals surface area contributed by atoms with Crippen molar-refractivity contribution in [3.05, 3.63) is 58.7 Å². The summed E-state index contributed by atoms with van der Waals surface area (Å²) in [5.41, 5.74) is 3.21. The van der Waals surface area contributed by atoms with Crippen LogP contribution in [-0.4, -0.2) is 50.1 Å². The zero-order chi connectivity index (χ0) is 28.4. The molecule has 1 fully saturated rings. The van der Waals surface area contributed by atoms with E-state index in [9.17, 15) is 8.42 Å². The number of benzene rings is 2. The predicted molar refractivity (Wildman–Crippen MR) is 162 cm³/mol. The van der Waals surface area contributed by atoms with Gasteiger partial charge in [-0.1, -0.05) is 23.7 Å². The van der Waals surface area contributed by atoms with Gasteiger partial charge in [0.25, 0.3) is 0 Å². The van der Waals surface area contributed by atoms with Crippen molar-refractivity contribution in [2.45, 2.75) is 69.0 Å². The lowest BCUT2D eigenvalue weighted by Crippen LogP contribution is -2.29. The Labute approximate surface area is 237 Å². The average Bonchev–Trinajstić information content (AvgIpc) is 2.87. The first kappa shape index (κ1) is 29.2. The Balaban J connectivity index is 1.68. The summed E-state index contributed by atoms with van der Waals surface area (Å²) in [5, 5.41) is 9.54. The molecule has 2 aromatic carbocycles. The van der Waals surface area contributed by atoms with E-state index in [4.69, 9.17) is 16.3 Å². The van der Waals surface area contributed by atoms with E-state index in [1.54, 1.807) is 38.1 Å². The molecule has 0 radical (unpaired) electrons. The molecule has 1 aliphatic rings. The molecule has 39 heavy (non-hydrogen) atoms. The molecule has 1 saturated heterocycles. The van der Waals surface area contributed by atoms with Crippen LogP contribution in [0.5, 0.6) is 5.75 Å². The van der Waals surface area contributed by atoms with Crippen molar-refractivity contribution in [2.24, 2.45) is 0 Å². The minimum atomic E-state index is -3.53. The van der Waals surface area contributed by atoms with Gasteiger partial charge in [0.05, 0.1) is 33.2 Å². The van der Waals surface area contributed by atoms with Crippen LogP contribution in [-0.2, 0) is 9.84 Å². The zero-order valence-electron chi connectivity index (χ0n) is 23.4. The number of hydrogen-bond donors (Lipinski definition) is 3. The van der Waals surface area contributed by atoms with Crippen molar-refractivity contribution >= 4 is 52.4 Å². The fourth-order valence-corrected chi connectivity index (χ4v) is 5.96. The van der Waals surface area contributed by atoms with Crippen molar-refractivity contribution < 1.29 is 13.2 Å². The molecule has 0 atom stereocenters. The summed E-state index contributed by atoms with van der Waals surface area (Å²) in [6, 6.07) is 10.9. The van der Waals surface area contributed by atoms with Gasteiger partial charge in [0.15, 0.2) is 23.5 Å². The number of sulfone groups is 1. The zero-order valence-corrected chi connectivity index (χ0v) is 25.0. The van der Waals surface area contributed by atoms with E-state index < -0.39 is 20.6 Å². The molecule has 8 nitrogen and oxygen atoms in total.